The molecular formula is C16H13N3OS. The van der Waals surface area contributed by atoms with Crippen molar-refractivity contribution in [2.24, 2.45) is 0 Å². The number of nitrogens with one attached hydrogen (secondary N) is 2. The van der Waals surface area contributed by atoms with Crippen LogP contribution in [0, 0.1) is 0 Å². The first-order chi connectivity index (χ1) is 10.3. The van der Waals surface area contributed by atoms with Crippen molar-refractivity contribution in [1.82, 2.24) is 9.97 Å². The van der Waals surface area contributed by atoms with Gasteiger partial charge in [0.1, 0.15) is 0 Å². The number of hydrogen-bond donors (Lipinski definition) is 2. The van der Waals surface area contributed by atoms with E-state index in [1.807, 2.05) is 18.2 Å². The SMILES string of the molecule is O=c1[nH]c(Nc2ccc3ccccc3c2)nc2c1CSC2. The molecule has 0 fully saturated rings. The molecule has 3 aromatic rings. The molecular weight excluding hydrogens is 282 g/mol. The normalized spacial score (nSPS) is 13.3. The molecule has 0 amide bonds. The van der Waals surface area contributed by atoms with Gasteiger partial charge < -0.3 is 5.32 Å². The summed E-state index contributed by atoms with van der Waals surface area (Å²) in [6, 6.07) is 14.3. The van der Waals surface area contributed by atoms with Gasteiger partial charge in [0.2, 0.25) is 5.95 Å². The predicted molar refractivity (Wildman–Crippen MR) is 87.1 cm³/mol. The number of H-pyrrole nitrogens is 1. The molecule has 0 spiro atoms. The zero-order valence-electron chi connectivity index (χ0n) is 11.2. The van der Waals surface area contributed by atoms with E-state index in [1.54, 1.807) is 11.8 Å². The van der Waals surface area contributed by atoms with E-state index in [1.165, 1.54) is 5.39 Å². The van der Waals surface area contributed by atoms with Crippen LogP contribution >= 0.6 is 11.8 Å². The van der Waals surface area contributed by atoms with Gasteiger partial charge in [0.25, 0.3) is 5.56 Å². The highest BCUT2D eigenvalue weighted by Gasteiger charge is 2.17. The number of anilines is 2. The van der Waals surface area contributed by atoms with Gasteiger partial charge in [-0.25, -0.2) is 4.98 Å². The lowest BCUT2D eigenvalue weighted by molar-refractivity contribution is 1.03. The van der Waals surface area contributed by atoms with Crippen molar-refractivity contribution < 1.29 is 0 Å². The largest absolute Gasteiger partial charge is 0.326 e. The molecule has 1 aliphatic heterocycles. The lowest BCUT2D eigenvalue weighted by atomic mass is 10.1. The van der Waals surface area contributed by atoms with E-state index in [0.29, 0.717) is 5.95 Å². The minimum absolute atomic E-state index is 0.0340. The van der Waals surface area contributed by atoms with Crippen molar-refractivity contribution in [1.29, 1.82) is 0 Å². The molecule has 2 aromatic carbocycles. The summed E-state index contributed by atoms with van der Waals surface area (Å²) < 4.78 is 0. The van der Waals surface area contributed by atoms with Crippen LogP contribution in [0.25, 0.3) is 10.8 Å². The van der Waals surface area contributed by atoms with Crippen LogP contribution in [-0.4, -0.2) is 9.97 Å². The van der Waals surface area contributed by atoms with E-state index in [4.69, 9.17) is 0 Å². The summed E-state index contributed by atoms with van der Waals surface area (Å²) in [5, 5.41) is 5.53. The summed E-state index contributed by atoms with van der Waals surface area (Å²) in [5.74, 6) is 2.08. The van der Waals surface area contributed by atoms with Gasteiger partial charge in [-0.2, -0.15) is 11.8 Å². The topological polar surface area (TPSA) is 57.8 Å². The molecule has 0 aliphatic carbocycles. The van der Waals surface area contributed by atoms with Crippen LogP contribution in [0.15, 0.2) is 47.3 Å². The molecule has 2 N–H and O–H groups in total. The number of aromatic amines is 1. The highest BCUT2D eigenvalue weighted by Crippen LogP contribution is 2.26. The summed E-state index contributed by atoms with van der Waals surface area (Å²) in [6.07, 6.45) is 0. The monoisotopic (exact) mass is 295 g/mol. The van der Waals surface area contributed by atoms with Crippen LogP contribution in [0.3, 0.4) is 0 Å². The Bertz CT molecular complexity index is 888. The van der Waals surface area contributed by atoms with Crippen LogP contribution in [0.5, 0.6) is 0 Å². The summed E-state index contributed by atoms with van der Waals surface area (Å²) in [5.41, 5.74) is 2.59. The van der Waals surface area contributed by atoms with Gasteiger partial charge in [-0.05, 0) is 22.9 Å². The van der Waals surface area contributed by atoms with E-state index in [0.717, 1.165) is 33.8 Å². The molecule has 4 rings (SSSR count). The maximum atomic E-state index is 12.0. The van der Waals surface area contributed by atoms with E-state index >= 15 is 0 Å². The number of aromatic nitrogens is 2. The fraction of sp³-hybridized carbons (Fsp3) is 0.125. The number of nitrogens with zero attached hydrogens (tertiary/aromatic N) is 1. The summed E-state index contributed by atoms with van der Waals surface area (Å²) in [7, 11) is 0. The van der Waals surface area contributed by atoms with Crippen molar-refractivity contribution in [3.63, 3.8) is 0 Å². The zero-order valence-corrected chi connectivity index (χ0v) is 12.0. The van der Waals surface area contributed by atoms with Gasteiger partial charge >= 0.3 is 0 Å². The molecule has 0 unspecified atom stereocenters. The Kier molecular flexibility index (Phi) is 2.93. The highest BCUT2D eigenvalue weighted by atomic mass is 32.2. The second-order valence-electron chi connectivity index (χ2n) is 5.02. The van der Waals surface area contributed by atoms with Crippen molar-refractivity contribution in [2.45, 2.75) is 11.5 Å². The fourth-order valence-electron chi connectivity index (χ4n) is 2.53. The molecule has 0 atom stereocenters. The number of rotatable bonds is 2. The molecule has 21 heavy (non-hydrogen) atoms. The van der Waals surface area contributed by atoms with E-state index in [2.05, 4.69) is 39.6 Å². The second kappa shape index (κ2) is 4.93. The third-order valence-corrected chi connectivity index (χ3v) is 4.57. The van der Waals surface area contributed by atoms with Crippen molar-refractivity contribution in [3.8, 4) is 0 Å². The average molecular weight is 295 g/mol. The van der Waals surface area contributed by atoms with Crippen LogP contribution in [-0.2, 0) is 11.5 Å². The van der Waals surface area contributed by atoms with Gasteiger partial charge in [-0.1, -0.05) is 30.3 Å². The Labute approximate surface area is 125 Å². The lowest BCUT2D eigenvalue weighted by Crippen LogP contribution is -2.16. The van der Waals surface area contributed by atoms with Gasteiger partial charge in [-0.15, -0.1) is 0 Å². The summed E-state index contributed by atoms with van der Waals surface area (Å²) >= 11 is 1.72. The first-order valence-corrected chi connectivity index (χ1v) is 7.91. The molecule has 1 aromatic heterocycles. The van der Waals surface area contributed by atoms with E-state index in [9.17, 15) is 4.79 Å². The van der Waals surface area contributed by atoms with Crippen LogP contribution in [0.1, 0.15) is 11.3 Å². The molecule has 4 nitrogen and oxygen atoms in total. The highest BCUT2D eigenvalue weighted by molar-refractivity contribution is 7.98. The van der Waals surface area contributed by atoms with Gasteiger partial charge in [0.05, 0.1) is 5.69 Å². The maximum Gasteiger partial charge on any atom is 0.256 e. The third kappa shape index (κ3) is 2.29. The molecule has 2 heterocycles. The summed E-state index contributed by atoms with van der Waals surface area (Å²) in [4.78, 5) is 19.3. The van der Waals surface area contributed by atoms with E-state index < -0.39 is 0 Å². The first-order valence-electron chi connectivity index (χ1n) is 6.75. The first kappa shape index (κ1) is 12.5. The van der Waals surface area contributed by atoms with Crippen LogP contribution < -0.4 is 10.9 Å². The quantitative estimate of drug-likeness (QED) is 0.760. The molecule has 1 aliphatic rings. The molecule has 104 valence electrons. The minimum atomic E-state index is -0.0340. The third-order valence-electron chi connectivity index (χ3n) is 3.60. The van der Waals surface area contributed by atoms with Crippen molar-refractivity contribution in [3.05, 3.63) is 64.1 Å². The molecule has 0 radical (unpaired) electrons. The van der Waals surface area contributed by atoms with Crippen LogP contribution in [0.2, 0.25) is 0 Å². The number of benzene rings is 2. The fourth-order valence-corrected chi connectivity index (χ4v) is 3.56. The number of hydrogen-bond acceptors (Lipinski definition) is 4. The zero-order chi connectivity index (χ0) is 14.2. The minimum Gasteiger partial charge on any atom is -0.326 e. The second-order valence-corrected chi connectivity index (χ2v) is 6.01. The Hall–Kier alpha value is -2.27. The molecule has 5 heteroatoms. The van der Waals surface area contributed by atoms with E-state index in [-0.39, 0.29) is 5.56 Å². The van der Waals surface area contributed by atoms with Gasteiger partial charge in [-0.3, -0.25) is 9.78 Å². The molecule has 0 saturated heterocycles. The lowest BCUT2D eigenvalue weighted by Gasteiger charge is -2.08. The Morgan fingerprint density at radius 2 is 1.95 bits per heavy atom. The Balaban J connectivity index is 1.71. The smallest absolute Gasteiger partial charge is 0.256 e. The standard InChI is InChI=1S/C16H13N3OS/c20-15-13-8-21-9-14(13)18-16(19-15)17-12-6-5-10-3-1-2-4-11(10)7-12/h1-7H,8-9H2,(H2,17,18,19,20). The molecule has 0 bridgehead atoms. The van der Waals surface area contributed by atoms with Crippen molar-refractivity contribution in [2.75, 3.05) is 5.32 Å². The average Bonchev–Trinajstić information content (AvgIpc) is 2.96. The summed E-state index contributed by atoms with van der Waals surface area (Å²) in [6.45, 7) is 0. The predicted octanol–water partition coefficient (Wildman–Crippen LogP) is 3.41. The van der Waals surface area contributed by atoms with Gasteiger partial charge in [0, 0.05) is 22.8 Å². The van der Waals surface area contributed by atoms with Crippen LogP contribution in [0.4, 0.5) is 11.6 Å². The molecule has 0 saturated carbocycles. The number of thioether (sulfide) groups is 1. The Morgan fingerprint density at radius 3 is 2.86 bits per heavy atom. The van der Waals surface area contributed by atoms with Crippen molar-refractivity contribution >= 4 is 34.2 Å². The van der Waals surface area contributed by atoms with Gasteiger partial charge in [0.15, 0.2) is 0 Å². The Morgan fingerprint density at radius 1 is 1.10 bits per heavy atom. The number of fused-ring (bicyclic) bond motifs is 2. The maximum absolute atomic E-state index is 12.0.